The van der Waals surface area contributed by atoms with Crippen molar-refractivity contribution in [1.29, 1.82) is 0 Å². The van der Waals surface area contributed by atoms with Crippen molar-refractivity contribution in [2.24, 2.45) is 4.99 Å². The number of aryl methyl sites for hydroxylation is 1. The topological polar surface area (TPSA) is 72.8 Å². The highest BCUT2D eigenvalue weighted by atomic mass is 19.1. The van der Waals surface area contributed by atoms with Gasteiger partial charge in [0.1, 0.15) is 5.82 Å². The first-order valence-corrected chi connectivity index (χ1v) is 19.3. The Morgan fingerprint density at radius 2 is 1.53 bits per heavy atom. The SMILES string of the molecule is CC(C)=Nc1ccccc1C.CCCCN(CCC)CCC1(c2ccc(F)cc2)CCN(C(=O)c2cc(OC)c(OC)c(OC)c2)C1.CCCOCC. The molecule has 0 spiro atoms. The van der Waals surface area contributed by atoms with E-state index in [0.717, 1.165) is 75.5 Å². The molecule has 1 atom stereocenters. The van der Waals surface area contributed by atoms with Crippen molar-refractivity contribution >= 4 is 17.3 Å². The molecular formula is C44H66FN3O5. The van der Waals surface area contributed by atoms with E-state index in [2.05, 4.69) is 43.7 Å². The Balaban J connectivity index is 0.000000469. The van der Waals surface area contributed by atoms with Gasteiger partial charge in [-0.05, 0) is 121 Å². The Morgan fingerprint density at radius 1 is 0.868 bits per heavy atom. The molecule has 3 aromatic carbocycles. The van der Waals surface area contributed by atoms with E-state index in [1.807, 2.05) is 56.0 Å². The molecule has 1 heterocycles. The summed E-state index contributed by atoms with van der Waals surface area (Å²) >= 11 is 0. The molecule has 0 bridgehead atoms. The van der Waals surface area contributed by atoms with E-state index >= 15 is 0 Å². The average molecular weight is 736 g/mol. The molecule has 8 nitrogen and oxygen atoms in total. The lowest BCUT2D eigenvalue weighted by Gasteiger charge is -2.33. The maximum Gasteiger partial charge on any atom is 0.254 e. The Labute approximate surface area is 319 Å². The first kappa shape index (κ1) is 45.2. The fourth-order valence-corrected chi connectivity index (χ4v) is 6.44. The van der Waals surface area contributed by atoms with Gasteiger partial charge in [0.05, 0.1) is 27.0 Å². The van der Waals surface area contributed by atoms with Gasteiger partial charge in [0.15, 0.2) is 11.5 Å². The largest absolute Gasteiger partial charge is 0.493 e. The van der Waals surface area contributed by atoms with Gasteiger partial charge in [-0.3, -0.25) is 9.79 Å². The fraction of sp³-hybridized carbons (Fsp3) is 0.545. The van der Waals surface area contributed by atoms with E-state index in [1.54, 1.807) is 33.5 Å². The summed E-state index contributed by atoms with van der Waals surface area (Å²) in [6.45, 7) is 20.7. The van der Waals surface area contributed by atoms with Gasteiger partial charge in [0.2, 0.25) is 5.75 Å². The van der Waals surface area contributed by atoms with Crippen molar-refractivity contribution in [3.8, 4) is 17.2 Å². The standard InChI is InChI=1S/C29H41FN2O4.C10H13N.C5H12O/c1-6-8-16-31(15-7-2)17-13-29(23-9-11-24(30)12-10-23)14-18-32(21-29)28(33)22-19-25(34-3)27(36-5)26(20-22)35-4;1-8(2)11-10-7-5-4-6-9(10)3;1-3-5-6-4-2/h9-12,19-20H,6-8,13-18,21H2,1-5H3;4-7H,1-3H3;3-5H2,1-2H3. The molecular weight excluding hydrogens is 669 g/mol. The molecule has 0 aliphatic carbocycles. The number of benzene rings is 3. The average Bonchev–Trinajstić information content (AvgIpc) is 3.61. The van der Waals surface area contributed by atoms with Crippen molar-refractivity contribution in [2.75, 3.05) is 67.3 Å². The Hall–Kier alpha value is -3.95. The van der Waals surface area contributed by atoms with E-state index in [0.29, 0.717) is 35.9 Å². The first-order valence-electron chi connectivity index (χ1n) is 19.3. The third-order valence-electron chi connectivity index (χ3n) is 9.30. The number of amides is 1. The second-order valence-corrected chi connectivity index (χ2v) is 13.7. The molecule has 1 amide bonds. The molecule has 4 rings (SSSR count). The highest BCUT2D eigenvalue weighted by Gasteiger charge is 2.41. The molecule has 294 valence electrons. The van der Waals surface area contributed by atoms with Crippen LogP contribution in [0.1, 0.15) is 102 Å². The minimum atomic E-state index is -0.243. The molecule has 9 heteroatoms. The second-order valence-electron chi connectivity index (χ2n) is 13.7. The minimum Gasteiger partial charge on any atom is -0.493 e. The van der Waals surface area contributed by atoms with Gasteiger partial charge in [-0.15, -0.1) is 0 Å². The maximum atomic E-state index is 13.8. The third-order valence-corrected chi connectivity index (χ3v) is 9.30. The minimum absolute atomic E-state index is 0.0744. The molecule has 0 aromatic heterocycles. The van der Waals surface area contributed by atoms with Gasteiger partial charge in [0.25, 0.3) is 5.91 Å². The number of halogens is 1. The lowest BCUT2D eigenvalue weighted by Crippen LogP contribution is -2.38. The van der Waals surface area contributed by atoms with Gasteiger partial charge in [-0.1, -0.05) is 57.5 Å². The fourth-order valence-electron chi connectivity index (χ4n) is 6.44. The normalized spacial score (nSPS) is 14.8. The Bertz CT molecular complexity index is 1500. The van der Waals surface area contributed by atoms with Crippen molar-refractivity contribution in [3.63, 3.8) is 0 Å². The molecule has 1 aliphatic heterocycles. The molecule has 0 saturated carbocycles. The van der Waals surface area contributed by atoms with Crippen LogP contribution in [0.3, 0.4) is 0 Å². The smallest absolute Gasteiger partial charge is 0.254 e. The number of para-hydroxylation sites is 1. The van der Waals surface area contributed by atoms with Crippen molar-refractivity contribution in [1.82, 2.24) is 9.80 Å². The van der Waals surface area contributed by atoms with Crippen molar-refractivity contribution in [2.45, 2.75) is 92.4 Å². The Morgan fingerprint density at radius 3 is 2.04 bits per heavy atom. The van der Waals surface area contributed by atoms with Crippen LogP contribution in [0.2, 0.25) is 0 Å². The monoisotopic (exact) mass is 735 g/mol. The lowest BCUT2D eigenvalue weighted by molar-refractivity contribution is 0.0779. The van der Waals surface area contributed by atoms with E-state index in [-0.39, 0.29) is 17.1 Å². The van der Waals surface area contributed by atoms with Crippen LogP contribution in [-0.4, -0.2) is 88.7 Å². The number of hydrogen-bond acceptors (Lipinski definition) is 7. The molecule has 1 unspecified atom stereocenters. The first-order chi connectivity index (χ1) is 25.5. The molecule has 0 radical (unpaired) electrons. The molecule has 3 aromatic rings. The summed E-state index contributed by atoms with van der Waals surface area (Å²) in [7, 11) is 4.63. The van der Waals surface area contributed by atoms with Gasteiger partial charge >= 0.3 is 0 Å². The lowest BCUT2D eigenvalue weighted by atomic mass is 9.76. The van der Waals surface area contributed by atoms with E-state index < -0.39 is 0 Å². The number of rotatable bonds is 17. The summed E-state index contributed by atoms with van der Waals surface area (Å²) < 4.78 is 35.1. The summed E-state index contributed by atoms with van der Waals surface area (Å²) in [6, 6.07) is 18.4. The van der Waals surface area contributed by atoms with Crippen LogP contribution in [0.25, 0.3) is 0 Å². The number of carbonyl (C=O) groups is 1. The summed E-state index contributed by atoms with van der Waals surface area (Å²) in [6.07, 6.45) is 6.34. The number of nitrogens with zero attached hydrogens (tertiary/aromatic N) is 3. The number of methoxy groups -OCH3 is 3. The zero-order chi connectivity index (χ0) is 39.2. The van der Waals surface area contributed by atoms with Crippen LogP contribution in [0, 0.1) is 12.7 Å². The van der Waals surface area contributed by atoms with Crippen LogP contribution in [0.5, 0.6) is 17.2 Å². The van der Waals surface area contributed by atoms with Gasteiger partial charge in [-0.25, -0.2) is 4.39 Å². The molecule has 1 fully saturated rings. The zero-order valence-corrected chi connectivity index (χ0v) is 34.2. The summed E-state index contributed by atoms with van der Waals surface area (Å²) in [4.78, 5) is 22.4. The van der Waals surface area contributed by atoms with E-state index in [9.17, 15) is 9.18 Å². The predicted octanol–water partition coefficient (Wildman–Crippen LogP) is 10.1. The van der Waals surface area contributed by atoms with Crippen molar-refractivity contribution in [3.05, 3.63) is 83.2 Å². The van der Waals surface area contributed by atoms with Crippen LogP contribution < -0.4 is 14.2 Å². The number of hydrogen-bond donors (Lipinski definition) is 0. The van der Waals surface area contributed by atoms with Crippen LogP contribution >= 0.6 is 0 Å². The Kier molecular flexibility index (Phi) is 20.8. The molecule has 1 aliphatic rings. The number of aliphatic imine (C=N–C) groups is 1. The molecule has 53 heavy (non-hydrogen) atoms. The number of unbranched alkanes of at least 4 members (excludes halogenated alkanes) is 1. The summed E-state index contributed by atoms with van der Waals surface area (Å²) in [5.41, 5.74) is 4.77. The van der Waals surface area contributed by atoms with Gasteiger partial charge in [0, 0.05) is 43.0 Å². The van der Waals surface area contributed by atoms with Crippen molar-refractivity contribution < 1.29 is 28.1 Å². The highest BCUT2D eigenvalue weighted by molar-refractivity contribution is 5.96. The maximum absolute atomic E-state index is 13.8. The predicted molar refractivity (Wildman–Crippen MR) is 217 cm³/mol. The molecule has 0 N–H and O–H groups in total. The summed E-state index contributed by atoms with van der Waals surface area (Å²) in [5, 5.41) is 0. The zero-order valence-electron chi connectivity index (χ0n) is 34.2. The van der Waals surface area contributed by atoms with Crippen LogP contribution in [0.4, 0.5) is 10.1 Å². The second kappa shape index (κ2) is 24.4. The third kappa shape index (κ3) is 14.4. The van der Waals surface area contributed by atoms with E-state index in [4.69, 9.17) is 18.9 Å². The number of ether oxygens (including phenoxy) is 4. The van der Waals surface area contributed by atoms with Crippen LogP contribution in [0.15, 0.2) is 65.7 Å². The van der Waals surface area contributed by atoms with Gasteiger partial charge < -0.3 is 28.7 Å². The van der Waals surface area contributed by atoms with Crippen LogP contribution in [-0.2, 0) is 10.2 Å². The highest BCUT2D eigenvalue weighted by Crippen LogP contribution is 2.41. The summed E-state index contributed by atoms with van der Waals surface area (Å²) in [5.74, 6) is 1.05. The van der Waals surface area contributed by atoms with Gasteiger partial charge in [-0.2, -0.15) is 0 Å². The molecule has 1 saturated heterocycles. The quantitative estimate of drug-likeness (QED) is 0.102. The number of carbonyl (C=O) groups excluding carboxylic acids is 1. The number of likely N-dealkylation sites (tertiary alicyclic amines) is 1. The van der Waals surface area contributed by atoms with E-state index in [1.165, 1.54) is 30.5 Å².